The van der Waals surface area contributed by atoms with Crippen LogP contribution in [0.1, 0.15) is 11.1 Å². The minimum Gasteiger partial charge on any atom is -0.504 e. The molecule has 0 saturated carbocycles. The smallest absolute Gasteiger partial charge is 0.172 e. The van der Waals surface area contributed by atoms with Gasteiger partial charge in [-0.15, -0.1) is 0 Å². The van der Waals surface area contributed by atoms with E-state index in [-0.39, 0.29) is 5.75 Å². The van der Waals surface area contributed by atoms with Crippen molar-refractivity contribution in [2.75, 3.05) is 0 Å². The standard InChI is InChI=1S/C20H18O3/c1-14-7-3-5-9-18(14)22-16-11-12-17(21)20(13-16)23-19-10-6-4-8-15(19)2/h3-13,21H,1-2H3. The summed E-state index contributed by atoms with van der Waals surface area (Å²) in [5, 5.41) is 10.0. The fraction of sp³-hybridized carbons (Fsp3) is 0.100. The van der Waals surface area contributed by atoms with Crippen LogP contribution in [0.25, 0.3) is 0 Å². The molecule has 0 fully saturated rings. The maximum atomic E-state index is 10.0. The van der Waals surface area contributed by atoms with E-state index in [1.54, 1.807) is 18.2 Å². The monoisotopic (exact) mass is 306 g/mol. The van der Waals surface area contributed by atoms with E-state index in [0.717, 1.165) is 16.9 Å². The summed E-state index contributed by atoms with van der Waals surface area (Å²) in [5.41, 5.74) is 2.04. The third-order valence-corrected chi connectivity index (χ3v) is 3.57. The van der Waals surface area contributed by atoms with Gasteiger partial charge in [-0.2, -0.15) is 0 Å². The van der Waals surface area contributed by atoms with Crippen molar-refractivity contribution in [2.45, 2.75) is 13.8 Å². The van der Waals surface area contributed by atoms with Crippen molar-refractivity contribution in [3.8, 4) is 28.7 Å². The van der Waals surface area contributed by atoms with Crippen molar-refractivity contribution in [3.63, 3.8) is 0 Å². The fourth-order valence-electron chi connectivity index (χ4n) is 2.23. The zero-order valence-electron chi connectivity index (χ0n) is 13.1. The Hall–Kier alpha value is -2.94. The second-order valence-corrected chi connectivity index (χ2v) is 5.36. The van der Waals surface area contributed by atoms with E-state index >= 15 is 0 Å². The molecular formula is C20H18O3. The summed E-state index contributed by atoms with van der Waals surface area (Å²) in [6.07, 6.45) is 0. The van der Waals surface area contributed by atoms with Crippen molar-refractivity contribution in [2.24, 2.45) is 0 Å². The quantitative estimate of drug-likeness (QED) is 0.682. The number of aryl methyl sites for hydroxylation is 2. The van der Waals surface area contributed by atoms with Gasteiger partial charge in [0.05, 0.1) is 0 Å². The average molecular weight is 306 g/mol. The number of hydrogen-bond acceptors (Lipinski definition) is 3. The van der Waals surface area contributed by atoms with Crippen LogP contribution in [-0.4, -0.2) is 5.11 Å². The fourth-order valence-corrected chi connectivity index (χ4v) is 2.23. The SMILES string of the molecule is Cc1ccccc1Oc1ccc(O)c(Oc2ccccc2C)c1. The van der Waals surface area contributed by atoms with Gasteiger partial charge in [-0.25, -0.2) is 0 Å². The van der Waals surface area contributed by atoms with Gasteiger partial charge in [0.2, 0.25) is 0 Å². The Bertz CT molecular complexity index is 825. The first-order valence-corrected chi connectivity index (χ1v) is 7.43. The molecule has 0 spiro atoms. The summed E-state index contributed by atoms with van der Waals surface area (Å²) >= 11 is 0. The molecule has 0 aromatic heterocycles. The van der Waals surface area contributed by atoms with Crippen LogP contribution < -0.4 is 9.47 Å². The second-order valence-electron chi connectivity index (χ2n) is 5.36. The van der Waals surface area contributed by atoms with E-state index in [0.29, 0.717) is 17.2 Å². The first-order chi connectivity index (χ1) is 11.1. The molecule has 0 aliphatic rings. The number of aromatic hydroxyl groups is 1. The molecule has 23 heavy (non-hydrogen) atoms. The molecule has 0 saturated heterocycles. The normalized spacial score (nSPS) is 10.3. The molecule has 0 amide bonds. The second kappa shape index (κ2) is 6.44. The van der Waals surface area contributed by atoms with Crippen LogP contribution in [0.5, 0.6) is 28.7 Å². The van der Waals surface area contributed by atoms with E-state index in [9.17, 15) is 5.11 Å². The van der Waals surface area contributed by atoms with E-state index in [4.69, 9.17) is 9.47 Å². The van der Waals surface area contributed by atoms with E-state index < -0.39 is 0 Å². The van der Waals surface area contributed by atoms with Crippen LogP contribution in [0.2, 0.25) is 0 Å². The topological polar surface area (TPSA) is 38.7 Å². The van der Waals surface area contributed by atoms with Crippen molar-refractivity contribution < 1.29 is 14.6 Å². The minimum absolute atomic E-state index is 0.0744. The maximum Gasteiger partial charge on any atom is 0.172 e. The van der Waals surface area contributed by atoms with E-state index in [1.165, 1.54) is 0 Å². The number of phenols is 1. The number of ether oxygens (including phenoxy) is 2. The Kier molecular flexibility index (Phi) is 4.20. The first-order valence-electron chi connectivity index (χ1n) is 7.43. The number of para-hydroxylation sites is 2. The van der Waals surface area contributed by atoms with Gasteiger partial charge in [-0.05, 0) is 49.2 Å². The molecule has 0 aliphatic carbocycles. The molecule has 0 heterocycles. The molecule has 3 rings (SSSR count). The molecule has 0 unspecified atom stereocenters. The average Bonchev–Trinajstić information content (AvgIpc) is 2.55. The molecule has 0 bridgehead atoms. The van der Waals surface area contributed by atoms with Gasteiger partial charge in [0.15, 0.2) is 11.5 Å². The lowest BCUT2D eigenvalue weighted by atomic mass is 10.2. The summed E-state index contributed by atoms with van der Waals surface area (Å²) in [5.74, 6) is 2.53. The highest BCUT2D eigenvalue weighted by molar-refractivity contribution is 5.49. The molecule has 0 atom stereocenters. The third kappa shape index (κ3) is 3.46. The van der Waals surface area contributed by atoms with Crippen LogP contribution in [0.4, 0.5) is 0 Å². The molecule has 1 N–H and O–H groups in total. The highest BCUT2D eigenvalue weighted by Crippen LogP contribution is 2.36. The lowest BCUT2D eigenvalue weighted by Gasteiger charge is -2.13. The molecule has 0 radical (unpaired) electrons. The van der Waals surface area contributed by atoms with Gasteiger partial charge in [0.25, 0.3) is 0 Å². The number of rotatable bonds is 4. The molecule has 116 valence electrons. The molecule has 3 aromatic rings. The number of phenolic OH excluding ortho intramolecular Hbond substituents is 1. The largest absolute Gasteiger partial charge is 0.504 e. The Balaban J connectivity index is 1.88. The van der Waals surface area contributed by atoms with Gasteiger partial charge < -0.3 is 14.6 Å². The van der Waals surface area contributed by atoms with Crippen molar-refractivity contribution in [3.05, 3.63) is 77.9 Å². The highest BCUT2D eigenvalue weighted by Gasteiger charge is 2.09. The Morgan fingerprint density at radius 2 is 1.22 bits per heavy atom. The zero-order valence-corrected chi connectivity index (χ0v) is 13.1. The van der Waals surface area contributed by atoms with Gasteiger partial charge in [-0.3, -0.25) is 0 Å². The van der Waals surface area contributed by atoms with Crippen LogP contribution in [0.3, 0.4) is 0 Å². The summed E-state index contributed by atoms with van der Waals surface area (Å²) in [6, 6.07) is 20.4. The van der Waals surface area contributed by atoms with Gasteiger partial charge in [-0.1, -0.05) is 36.4 Å². The first kappa shape index (κ1) is 15.0. The van der Waals surface area contributed by atoms with Gasteiger partial charge in [0.1, 0.15) is 17.2 Å². The van der Waals surface area contributed by atoms with E-state index in [1.807, 2.05) is 62.4 Å². The zero-order chi connectivity index (χ0) is 16.2. The van der Waals surface area contributed by atoms with E-state index in [2.05, 4.69) is 0 Å². The summed E-state index contributed by atoms with van der Waals surface area (Å²) < 4.78 is 11.7. The predicted molar refractivity (Wildman–Crippen MR) is 90.6 cm³/mol. The van der Waals surface area contributed by atoms with Gasteiger partial charge >= 0.3 is 0 Å². The summed E-state index contributed by atoms with van der Waals surface area (Å²) in [7, 11) is 0. The highest BCUT2D eigenvalue weighted by atomic mass is 16.5. The molecule has 3 nitrogen and oxygen atoms in total. The third-order valence-electron chi connectivity index (χ3n) is 3.57. The summed E-state index contributed by atoms with van der Waals surface area (Å²) in [6.45, 7) is 3.94. The molecule has 3 aromatic carbocycles. The summed E-state index contributed by atoms with van der Waals surface area (Å²) in [4.78, 5) is 0. The predicted octanol–water partition coefficient (Wildman–Crippen LogP) is 5.59. The number of benzene rings is 3. The van der Waals surface area contributed by atoms with Crippen molar-refractivity contribution in [1.29, 1.82) is 0 Å². The van der Waals surface area contributed by atoms with Crippen molar-refractivity contribution in [1.82, 2.24) is 0 Å². The van der Waals surface area contributed by atoms with Crippen LogP contribution >= 0.6 is 0 Å². The van der Waals surface area contributed by atoms with Crippen LogP contribution in [-0.2, 0) is 0 Å². The minimum atomic E-state index is 0.0744. The maximum absolute atomic E-state index is 10.0. The van der Waals surface area contributed by atoms with Crippen molar-refractivity contribution >= 4 is 0 Å². The van der Waals surface area contributed by atoms with Gasteiger partial charge in [0, 0.05) is 6.07 Å². The lowest BCUT2D eigenvalue weighted by Crippen LogP contribution is -1.90. The Morgan fingerprint density at radius 3 is 1.83 bits per heavy atom. The van der Waals surface area contributed by atoms with Crippen LogP contribution in [0, 0.1) is 13.8 Å². The molecule has 3 heteroatoms. The molecular weight excluding hydrogens is 288 g/mol. The Labute approximate surface area is 135 Å². The Morgan fingerprint density at radius 1 is 0.652 bits per heavy atom. The molecule has 0 aliphatic heterocycles. The lowest BCUT2D eigenvalue weighted by molar-refractivity contribution is 0.403. The van der Waals surface area contributed by atoms with Crippen LogP contribution in [0.15, 0.2) is 66.7 Å². The number of hydrogen-bond donors (Lipinski definition) is 1.